The van der Waals surface area contributed by atoms with E-state index in [-0.39, 0.29) is 30.7 Å². The minimum absolute atomic E-state index is 0. The van der Waals surface area contributed by atoms with Crippen LogP contribution >= 0.6 is 24.8 Å². The van der Waals surface area contributed by atoms with Crippen molar-refractivity contribution in [1.29, 1.82) is 0 Å². The Morgan fingerprint density at radius 2 is 1.71 bits per heavy atom. The van der Waals surface area contributed by atoms with Crippen LogP contribution in [0.2, 0.25) is 0 Å². The largest absolute Gasteiger partial charge is 0.353 e. The molecule has 2 saturated heterocycles. The maximum atomic E-state index is 12.3. The first-order valence-corrected chi connectivity index (χ1v) is 9.43. The van der Waals surface area contributed by atoms with Crippen molar-refractivity contribution in [2.75, 3.05) is 32.7 Å². The van der Waals surface area contributed by atoms with Crippen molar-refractivity contribution in [2.24, 2.45) is 17.8 Å². The minimum atomic E-state index is 0. The Balaban J connectivity index is 0.00000144. The van der Waals surface area contributed by atoms with Gasteiger partial charge in [-0.1, -0.05) is 6.92 Å². The summed E-state index contributed by atoms with van der Waals surface area (Å²) in [6, 6.07) is 0.420. The van der Waals surface area contributed by atoms with Crippen LogP contribution in [0.3, 0.4) is 0 Å². The van der Waals surface area contributed by atoms with Gasteiger partial charge in [-0.25, -0.2) is 0 Å². The SMILES string of the molecule is CC(CC(=O)NC1CCN(CC2CC2)CC1)C1CCNCC1.Cl.Cl. The van der Waals surface area contributed by atoms with Gasteiger partial charge >= 0.3 is 0 Å². The van der Waals surface area contributed by atoms with E-state index in [0.717, 1.165) is 37.8 Å². The molecule has 1 atom stereocenters. The summed E-state index contributed by atoms with van der Waals surface area (Å²) in [5.74, 6) is 2.52. The molecule has 0 aromatic carbocycles. The fourth-order valence-electron chi connectivity index (χ4n) is 4.08. The van der Waals surface area contributed by atoms with Crippen LogP contribution in [0.1, 0.15) is 51.9 Å². The molecule has 24 heavy (non-hydrogen) atoms. The molecule has 2 heterocycles. The molecule has 3 aliphatic rings. The lowest BCUT2D eigenvalue weighted by molar-refractivity contribution is -0.123. The number of carbonyl (C=O) groups excluding carboxylic acids is 1. The van der Waals surface area contributed by atoms with E-state index in [2.05, 4.69) is 22.5 Å². The van der Waals surface area contributed by atoms with E-state index in [4.69, 9.17) is 0 Å². The second-order valence-corrected chi connectivity index (χ2v) is 7.85. The number of rotatable bonds is 6. The summed E-state index contributed by atoms with van der Waals surface area (Å²) in [5.41, 5.74) is 0. The molecule has 4 nitrogen and oxygen atoms in total. The predicted octanol–water partition coefficient (Wildman–Crippen LogP) is 2.85. The van der Waals surface area contributed by atoms with Crippen molar-refractivity contribution < 1.29 is 4.79 Å². The molecule has 1 amide bonds. The quantitative estimate of drug-likeness (QED) is 0.745. The number of halogens is 2. The molecule has 0 radical (unpaired) electrons. The lowest BCUT2D eigenvalue weighted by Gasteiger charge is -2.33. The molecule has 1 unspecified atom stereocenters. The van der Waals surface area contributed by atoms with E-state index in [1.165, 1.54) is 45.3 Å². The lowest BCUT2D eigenvalue weighted by atomic mass is 9.84. The Bertz CT molecular complexity index is 365. The fourth-order valence-corrected chi connectivity index (χ4v) is 4.08. The molecule has 0 spiro atoms. The van der Waals surface area contributed by atoms with Crippen molar-refractivity contribution in [3.05, 3.63) is 0 Å². The fraction of sp³-hybridized carbons (Fsp3) is 0.944. The number of hydrogen-bond acceptors (Lipinski definition) is 3. The molecule has 3 fully saturated rings. The van der Waals surface area contributed by atoms with Gasteiger partial charge in [0, 0.05) is 32.1 Å². The third-order valence-electron chi connectivity index (χ3n) is 5.86. The highest BCUT2D eigenvalue weighted by atomic mass is 35.5. The van der Waals surface area contributed by atoms with Gasteiger partial charge in [0.1, 0.15) is 0 Å². The first-order valence-electron chi connectivity index (χ1n) is 9.43. The van der Waals surface area contributed by atoms with Gasteiger partial charge in [0.15, 0.2) is 0 Å². The third-order valence-corrected chi connectivity index (χ3v) is 5.86. The lowest BCUT2D eigenvalue weighted by Crippen LogP contribution is -2.45. The second-order valence-electron chi connectivity index (χ2n) is 7.85. The normalized spacial score (nSPS) is 24.5. The Hall–Kier alpha value is -0.0300. The molecule has 3 rings (SSSR count). The van der Waals surface area contributed by atoms with E-state index in [1.54, 1.807) is 0 Å². The molecule has 6 heteroatoms. The van der Waals surface area contributed by atoms with Crippen LogP contribution in [0.4, 0.5) is 0 Å². The van der Waals surface area contributed by atoms with Crippen molar-refractivity contribution in [3.8, 4) is 0 Å². The topological polar surface area (TPSA) is 44.4 Å². The molecule has 0 aromatic rings. The van der Waals surface area contributed by atoms with Crippen molar-refractivity contribution in [1.82, 2.24) is 15.5 Å². The van der Waals surface area contributed by atoms with Gasteiger partial charge < -0.3 is 15.5 Å². The van der Waals surface area contributed by atoms with Gasteiger partial charge in [0.2, 0.25) is 5.91 Å². The maximum Gasteiger partial charge on any atom is 0.220 e. The molecule has 2 aliphatic heterocycles. The highest BCUT2D eigenvalue weighted by Crippen LogP contribution is 2.30. The van der Waals surface area contributed by atoms with Crippen LogP contribution in [0.5, 0.6) is 0 Å². The first-order chi connectivity index (χ1) is 10.7. The number of piperidine rings is 2. The maximum absolute atomic E-state index is 12.3. The molecule has 0 aromatic heterocycles. The Morgan fingerprint density at radius 1 is 1.08 bits per heavy atom. The molecule has 2 N–H and O–H groups in total. The first kappa shape index (κ1) is 22.0. The summed E-state index contributed by atoms with van der Waals surface area (Å²) in [7, 11) is 0. The highest BCUT2D eigenvalue weighted by Gasteiger charge is 2.28. The molecular weight excluding hydrogens is 345 g/mol. The van der Waals surface area contributed by atoms with Crippen LogP contribution in [-0.4, -0.2) is 49.6 Å². The van der Waals surface area contributed by atoms with Crippen molar-refractivity contribution >= 4 is 30.7 Å². The molecule has 1 aliphatic carbocycles. The minimum Gasteiger partial charge on any atom is -0.353 e. The van der Waals surface area contributed by atoms with Gasteiger partial charge in [-0.3, -0.25) is 4.79 Å². The van der Waals surface area contributed by atoms with E-state index >= 15 is 0 Å². The van der Waals surface area contributed by atoms with Crippen LogP contribution in [-0.2, 0) is 4.79 Å². The Morgan fingerprint density at radius 3 is 2.29 bits per heavy atom. The number of hydrogen-bond donors (Lipinski definition) is 2. The van der Waals surface area contributed by atoms with Crippen LogP contribution < -0.4 is 10.6 Å². The highest BCUT2D eigenvalue weighted by molar-refractivity contribution is 5.85. The Kier molecular flexibility index (Phi) is 9.95. The summed E-state index contributed by atoms with van der Waals surface area (Å²) < 4.78 is 0. The smallest absolute Gasteiger partial charge is 0.220 e. The van der Waals surface area contributed by atoms with Crippen LogP contribution in [0.15, 0.2) is 0 Å². The standard InChI is InChI=1S/C18H33N3O.2ClH/c1-14(16-4-8-19-9-5-16)12-18(22)20-17-6-10-21(11-7-17)13-15-2-3-15;;/h14-17,19H,2-13H2,1H3,(H,20,22);2*1H. The van der Waals surface area contributed by atoms with Gasteiger partial charge in [-0.05, 0) is 69.4 Å². The van der Waals surface area contributed by atoms with Crippen molar-refractivity contribution in [3.63, 3.8) is 0 Å². The molecule has 0 bridgehead atoms. The van der Waals surface area contributed by atoms with Gasteiger partial charge in [0.25, 0.3) is 0 Å². The van der Waals surface area contributed by atoms with Gasteiger partial charge in [0.05, 0.1) is 0 Å². The summed E-state index contributed by atoms with van der Waals surface area (Å²) >= 11 is 0. The third kappa shape index (κ3) is 7.07. The van der Waals surface area contributed by atoms with Crippen molar-refractivity contribution in [2.45, 2.75) is 57.9 Å². The average Bonchev–Trinajstić information content (AvgIpc) is 3.34. The predicted molar refractivity (Wildman–Crippen MR) is 104 cm³/mol. The van der Waals surface area contributed by atoms with Crippen LogP contribution in [0, 0.1) is 17.8 Å². The summed E-state index contributed by atoms with van der Waals surface area (Å²) in [5, 5.41) is 6.70. The van der Waals surface area contributed by atoms with Gasteiger partial charge in [-0.15, -0.1) is 24.8 Å². The van der Waals surface area contributed by atoms with Crippen LogP contribution in [0.25, 0.3) is 0 Å². The number of nitrogens with one attached hydrogen (secondary N) is 2. The number of likely N-dealkylation sites (tertiary alicyclic amines) is 1. The van der Waals surface area contributed by atoms with E-state index in [1.807, 2.05) is 0 Å². The van der Waals surface area contributed by atoms with E-state index < -0.39 is 0 Å². The molecule has 1 saturated carbocycles. The van der Waals surface area contributed by atoms with E-state index in [0.29, 0.717) is 18.4 Å². The average molecular weight is 380 g/mol. The number of carbonyl (C=O) groups is 1. The molecule has 142 valence electrons. The second kappa shape index (κ2) is 10.8. The summed E-state index contributed by atoms with van der Waals surface area (Å²) in [6.07, 6.45) is 8.33. The zero-order valence-electron chi connectivity index (χ0n) is 15.0. The molecular formula is C18H35Cl2N3O. The van der Waals surface area contributed by atoms with E-state index in [9.17, 15) is 4.79 Å². The zero-order valence-corrected chi connectivity index (χ0v) is 16.6. The monoisotopic (exact) mass is 379 g/mol. The number of nitrogens with zero attached hydrogens (tertiary/aromatic N) is 1. The summed E-state index contributed by atoms with van der Waals surface area (Å²) in [4.78, 5) is 14.9. The zero-order chi connectivity index (χ0) is 15.4. The number of amides is 1. The summed E-state index contributed by atoms with van der Waals surface area (Å²) in [6.45, 7) is 8.14. The Labute approximate surface area is 159 Å². The van der Waals surface area contributed by atoms with Gasteiger partial charge in [-0.2, -0.15) is 0 Å².